The van der Waals surface area contributed by atoms with E-state index < -0.39 is 16.1 Å². The van der Waals surface area contributed by atoms with Gasteiger partial charge in [-0.2, -0.15) is 11.3 Å². The first-order valence-electron chi connectivity index (χ1n) is 8.53. The molecule has 10 heteroatoms. The van der Waals surface area contributed by atoms with Crippen molar-refractivity contribution < 1.29 is 18.0 Å². The van der Waals surface area contributed by atoms with Crippen LogP contribution >= 0.6 is 23.1 Å². The molecule has 1 aromatic heterocycles. The summed E-state index contributed by atoms with van der Waals surface area (Å²) < 4.78 is 27.0. The molecule has 0 bridgehead atoms. The predicted octanol–water partition coefficient (Wildman–Crippen LogP) is 2.90. The molecule has 1 heterocycles. The lowest BCUT2D eigenvalue weighted by Crippen LogP contribution is -2.37. The van der Waals surface area contributed by atoms with Gasteiger partial charge in [0.05, 0.1) is 12.5 Å². The maximum absolute atomic E-state index is 12.5. The minimum Gasteiger partial charge on any atom is -0.349 e. The Morgan fingerprint density at radius 3 is 2.57 bits per heavy atom. The van der Waals surface area contributed by atoms with Crippen molar-refractivity contribution in [2.24, 2.45) is 0 Å². The molecule has 0 fully saturated rings. The van der Waals surface area contributed by atoms with E-state index in [1.165, 1.54) is 24.9 Å². The van der Waals surface area contributed by atoms with Crippen molar-refractivity contribution in [1.82, 2.24) is 15.4 Å². The Morgan fingerprint density at radius 1 is 1.25 bits per heavy atom. The lowest BCUT2D eigenvalue weighted by atomic mass is 10.1. The van der Waals surface area contributed by atoms with Crippen LogP contribution in [0.3, 0.4) is 0 Å². The highest BCUT2D eigenvalue weighted by Crippen LogP contribution is 2.26. The van der Waals surface area contributed by atoms with Gasteiger partial charge in [-0.25, -0.2) is 17.9 Å². The van der Waals surface area contributed by atoms with Gasteiger partial charge in [0.2, 0.25) is 5.91 Å². The standard InChI is InChI=1S/C18H23N3O4S3/c1-4-14(13-7-8-27-11-13)20-17(22)10-12-5-6-15(26-3)16(9-12)28(24,25)21-18(23)19-2/h5-9,11,14H,4,10H2,1-3H3,(H,20,22)(H2,19,21,23). The summed E-state index contributed by atoms with van der Waals surface area (Å²) in [7, 11) is -2.72. The summed E-state index contributed by atoms with van der Waals surface area (Å²) in [6.45, 7) is 1.99. The Kier molecular flexibility index (Phi) is 7.90. The highest BCUT2D eigenvalue weighted by Gasteiger charge is 2.22. The van der Waals surface area contributed by atoms with Crippen LogP contribution in [0.5, 0.6) is 0 Å². The van der Waals surface area contributed by atoms with Crippen molar-refractivity contribution in [2.75, 3.05) is 13.3 Å². The smallest absolute Gasteiger partial charge is 0.328 e. The fraction of sp³-hybridized carbons (Fsp3) is 0.333. The maximum Gasteiger partial charge on any atom is 0.328 e. The molecule has 0 radical (unpaired) electrons. The van der Waals surface area contributed by atoms with Gasteiger partial charge in [-0.05, 0) is 52.8 Å². The Bertz CT molecular complexity index is 928. The number of hydrogen-bond donors (Lipinski definition) is 3. The Labute approximate surface area is 173 Å². The third-order valence-electron chi connectivity index (χ3n) is 4.03. The Hall–Kier alpha value is -2.04. The van der Waals surface area contributed by atoms with Crippen LogP contribution in [-0.4, -0.2) is 33.7 Å². The molecule has 0 saturated carbocycles. The monoisotopic (exact) mass is 441 g/mol. The number of amides is 3. The molecule has 0 aliphatic carbocycles. The molecule has 3 amide bonds. The lowest BCUT2D eigenvalue weighted by Gasteiger charge is -2.16. The summed E-state index contributed by atoms with van der Waals surface area (Å²) in [6.07, 6.45) is 2.54. The molecule has 28 heavy (non-hydrogen) atoms. The fourth-order valence-corrected chi connectivity index (χ4v) is 5.45. The van der Waals surface area contributed by atoms with E-state index in [4.69, 9.17) is 0 Å². The van der Waals surface area contributed by atoms with Gasteiger partial charge < -0.3 is 10.6 Å². The molecule has 0 saturated heterocycles. The van der Waals surface area contributed by atoms with Gasteiger partial charge in [-0.1, -0.05) is 13.0 Å². The van der Waals surface area contributed by atoms with Crippen LogP contribution in [0.2, 0.25) is 0 Å². The molecular weight excluding hydrogens is 418 g/mol. The van der Waals surface area contributed by atoms with Crippen LogP contribution < -0.4 is 15.4 Å². The summed E-state index contributed by atoms with van der Waals surface area (Å²) in [5, 5.41) is 9.15. The first-order chi connectivity index (χ1) is 13.3. The number of benzene rings is 1. The molecule has 7 nitrogen and oxygen atoms in total. The van der Waals surface area contributed by atoms with E-state index in [1.54, 1.807) is 29.7 Å². The fourth-order valence-electron chi connectivity index (χ4n) is 2.59. The summed E-state index contributed by atoms with van der Waals surface area (Å²) >= 11 is 2.82. The van der Waals surface area contributed by atoms with Crippen LogP contribution in [0, 0.1) is 0 Å². The second-order valence-corrected chi connectivity index (χ2v) is 9.21. The van der Waals surface area contributed by atoms with Gasteiger partial charge in [0.15, 0.2) is 0 Å². The number of sulfonamides is 1. The maximum atomic E-state index is 12.5. The normalized spacial score (nSPS) is 12.2. The number of carbonyl (C=O) groups is 2. The molecular formula is C18H23N3O4S3. The molecule has 152 valence electrons. The minimum atomic E-state index is -4.05. The van der Waals surface area contributed by atoms with Crippen LogP contribution in [0.15, 0.2) is 44.8 Å². The Balaban J connectivity index is 2.20. The zero-order valence-electron chi connectivity index (χ0n) is 15.8. The van der Waals surface area contributed by atoms with E-state index in [-0.39, 0.29) is 23.3 Å². The summed E-state index contributed by atoms with van der Waals surface area (Å²) in [5.74, 6) is -0.197. The first kappa shape index (κ1) is 22.3. The largest absolute Gasteiger partial charge is 0.349 e. The number of rotatable bonds is 8. The molecule has 2 aromatic rings. The highest BCUT2D eigenvalue weighted by molar-refractivity contribution is 7.99. The molecule has 0 spiro atoms. The SMILES string of the molecule is CCC(NC(=O)Cc1ccc(SC)c(S(=O)(=O)NC(=O)NC)c1)c1ccsc1. The second-order valence-electron chi connectivity index (χ2n) is 5.93. The van der Waals surface area contributed by atoms with Gasteiger partial charge >= 0.3 is 6.03 Å². The average molecular weight is 442 g/mol. The van der Waals surface area contributed by atoms with Crippen molar-refractivity contribution in [3.05, 3.63) is 46.2 Å². The van der Waals surface area contributed by atoms with Crippen molar-refractivity contribution in [1.29, 1.82) is 0 Å². The summed E-state index contributed by atoms with van der Waals surface area (Å²) in [5.41, 5.74) is 1.60. The van der Waals surface area contributed by atoms with Gasteiger partial charge in [0.25, 0.3) is 10.0 Å². The van der Waals surface area contributed by atoms with Gasteiger partial charge in [-0.3, -0.25) is 4.79 Å². The topological polar surface area (TPSA) is 104 Å². The molecule has 1 atom stereocenters. The van der Waals surface area contributed by atoms with Gasteiger partial charge in [0.1, 0.15) is 4.90 Å². The van der Waals surface area contributed by atoms with Crippen molar-refractivity contribution in [2.45, 2.75) is 35.6 Å². The van der Waals surface area contributed by atoms with E-state index in [0.717, 1.165) is 12.0 Å². The lowest BCUT2D eigenvalue weighted by molar-refractivity contribution is -0.121. The van der Waals surface area contributed by atoms with Crippen molar-refractivity contribution in [3.8, 4) is 0 Å². The highest BCUT2D eigenvalue weighted by atomic mass is 32.2. The first-order valence-corrected chi connectivity index (χ1v) is 12.2. The number of thiophene rings is 1. The van der Waals surface area contributed by atoms with E-state index in [2.05, 4.69) is 10.6 Å². The van der Waals surface area contributed by atoms with E-state index in [0.29, 0.717) is 10.5 Å². The zero-order valence-corrected chi connectivity index (χ0v) is 18.3. The number of nitrogens with one attached hydrogen (secondary N) is 3. The number of thioether (sulfide) groups is 1. The molecule has 1 aromatic carbocycles. The van der Waals surface area contributed by atoms with Crippen LogP contribution in [0.4, 0.5) is 4.79 Å². The quantitative estimate of drug-likeness (QED) is 0.547. The van der Waals surface area contributed by atoms with Gasteiger partial charge in [0, 0.05) is 11.9 Å². The summed E-state index contributed by atoms with van der Waals surface area (Å²) in [6, 6.07) is 5.86. The third-order valence-corrected chi connectivity index (χ3v) is 7.02. The predicted molar refractivity (Wildman–Crippen MR) is 112 cm³/mol. The third kappa shape index (κ3) is 5.73. The number of urea groups is 1. The van der Waals surface area contributed by atoms with E-state index in [9.17, 15) is 18.0 Å². The van der Waals surface area contributed by atoms with Crippen molar-refractivity contribution in [3.63, 3.8) is 0 Å². The van der Waals surface area contributed by atoms with E-state index >= 15 is 0 Å². The summed E-state index contributed by atoms with van der Waals surface area (Å²) in [4.78, 5) is 24.4. The number of carbonyl (C=O) groups excluding carboxylic acids is 2. The van der Waals surface area contributed by atoms with E-state index in [1.807, 2.05) is 28.5 Å². The Morgan fingerprint density at radius 2 is 2.00 bits per heavy atom. The molecule has 3 N–H and O–H groups in total. The van der Waals surface area contributed by atoms with Gasteiger partial charge in [-0.15, -0.1) is 11.8 Å². The van der Waals surface area contributed by atoms with Crippen molar-refractivity contribution >= 4 is 45.1 Å². The molecule has 0 aliphatic heterocycles. The minimum absolute atomic E-state index is 0.0289. The van der Waals surface area contributed by atoms with Crippen LogP contribution in [0.25, 0.3) is 0 Å². The zero-order chi connectivity index (χ0) is 20.7. The molecule has 1 unspecified atom stereocenters. The second kappa shape index (κ2) is 9.94. The van der Waals surface area contributed by atoms with Crippen LogP contribution in [-0.2, 0) is 21.2 Å². The molecule has 2 rings (SSSR count). The average Bonchev–Trinajstić information content (AvgIpc) is 3.20. The van der Waals surface area contributed by atoms with Crippen LogP contribution in [0.1, 0.15) is 30.5 Å². The number of hydrogen-bond acceptors (Lipinski definition) is 6. The molecule has 0 aliphatic rings.